The van der Waals surface area contributed by atoms with Crippen LogP contribution in [0.25, 0.3) is 0 Å². The van der Waals surface area contributed by atoms with Crippen molar-refractivity contribution in [3.63, 3.8) is 0 Å². The Morgan fingerprint density at radius 1 is 1.19 bits per heavy atom. The Morgan fingerprint density at radius 3 is 2.69 bits per heavy atom. The molecular weight excluding hydrogens is 402 g/mol. The molecule has 2 aromatic rings. The number of aromatic nitrogens is 1. The topological polar surface area (TPSA) is 86.4 Å². The Hall–Kier alpha value is -2.93. The molecule has 1 aromatic carbocycles. The maximum absolute atomic E-state index is 12.9. The standard InChI is InChI=1S/C25H31N5O2/c1-26-14-17-2-4-18(5-3-17)24(32)30-10-7-25(8-11-30)13-20(25)16-28-23(31)22-12-19-15-27-9-6-21(19)29-22/h2-6,9,15,20,22,26,29H,7-8,10-14,16H2,1H3,(H,28,31). The Balaban J connectivity index is 1.08. The van der Waals surface area contributed by atoms with Gasteiger partial charge in [-0.1, -0.05) is 12.1 Å². The largest absolute Gasteiger partial charge is 0.373 e. The van der Waals surface area contributed by atoms with Crippen LogP contribution in [0.5, 0.6) is 0 Å². The van der Waals surface area contributed by atoms with Crippen molar-refractivity contribution in [2.45, 2.75) is 38.3 Å². The highest BCUT2D eigenvalue weighted by atomic mass is 16.2. The first-order valence-corrected chi connectivity index (χ1v) is 11.6. The van der Waals surface area contributed by atoms with E-state index in [9.17, 15) is 9.59 Å². The number of rotatable bonds is 6. The second-order valence-corrected chi connectivity index (χ2v) is 9.46. The van der Waals surface area contributed by atoms with Crippen molar-refractivity contribution in [2.24, 2.45) is 11.3 Å². The summed E-state index contributed by atoms with van der Waals surface area (Å²) in [7, 11) is 1.92. The second-order valence-electron chi connectivity index (χ2n) is 9.46. The second kappa shape index (κ2) is 8.54. The van der Waals surface area contributed by atoms with Crippen LogP contribution in [0.15, 0.2) is 42.7 Å². The predicted octanol–water partition coefficient (Wildman–Crippen LogP) is 2.20. The van der Waals surface area contributed by atoms with Gasteiger partial charge in [0.25, 0.3) is 5.91 Å². The number of pyridine rings is 1. The molecule has 2 amide bonds. The molecule has 1 aliphatic carbocycles. The van der Waals surface area contributed by atoms with Crippen molar-refractivity contribution in [2.75, 3.05) is 32.0 Å². The van der Waals surface area contributed by atoms with E-state index < -0.39 is 0 Å². The molecule has 3 heterocycles. The lowest BCUT2D eigenvalue weighted by atomic mass is 9.90. The summed E-state index contributed by atoms with van der Waals surface area (Å²) in [4.78, 5) is 31.6. The van der Waals surface area contributed by atoms with Gasteiger partial charge >= 0.3 is 0 Å². The number of carbonyl (C=O) groups excluding carboxylic acids is 2. The molecule has 7 heteroatoms. The summed E-state index contributed by atoms with van der Waals surface area (Å²) in [5.74, 6) is 0.718. The number of fused-ring (bicyclic) bond motifs is 1. The number of nitrogens with one attached hydrogen (secondary N) is 3. The number of benzene rings is 1. The number of anilines is 1. The third-order valence-corrected chi connectivity index (χ3v) is 7.48. The molecular formula is C25H31N5O2. The van der Waals surface area contributed by atoms with E-state index in [4.69, 9.17) is 0 Å². The normalized spacial score (nSPS) is 22.8. The predicted molar refractivity (Wildman–Crippen MR) is 123 cm³/mol. The zero-order chi connectivity index (χ0) is 22.1. The van der Waals surface area contributed by atoms with Crippen molar-refractivity contribution in [3.8, 4) is 0 Å². The molecule has 2 fully saturated rings. The monoisotopic (exact) mass is 433 g/mol. The summed E-state index contributed by atoms with van der Waals surface area (Å²) in [6.07, 6.45) is 7.47. The van der Waals surface area contributed by atoms with E-state index in [0.717, 1.165) is 62.3 Å². The minimum Gasteiger partial charge on any atom is -0.373 e. The molecule has 3 N–H and O–H groups in total. The van der Waals surface area contributed by atoms with E-state index in [-0.39, 0.29) is 17.9 Å². The fraction of sp³-hybridized carbons (Fsp3) is 0.480. The smallest absolute Gasteiger partial charge is 0.253 e. The van der Waals surface area contributed by atoms with Gasteiger partial charge in [0, 0.05) is 56.2 Å². The highest BCUT2D eigenvalue weighted by Gasteiger charge is 2.54. The molecule has 5 rings (SSSR count). The van der Waals surface area contributed by atoms with E-state index in [1.165, 1.54) is 5.56 Å². The minimum atomic E-state index is -0.206. The molecule has 7 nitrogen and oxygen atoms in total. The lowest BCUT2D eigenvalue weighted by Crippen LogP contribution is -2.42. The van der Waals surface area contributed by atoms with Crippen molar-refractivity contribution in [1.29, 1.82) is 0 Å². The van der Waals surface area contributed by atoms with Gasteiger partial charge in [0.05, 0.1) is 0 Å². The van der Waals surface area contributed by atoms with Crippen molar-refractivity contribution < 1.29 is 9.59 Å². The van der Waals surface area contributed by atoms with Crippen molar-refractivity contribution >= 4 is 17.5 Å². The zero-order valence-electron chi connectivity index (χ0n) is 18.6. The van der Waals surface area contributed by atoms with Crippen LogP contribution in [-0.4, -0.2) is 54.4 Å². The summed E-state index contributed by atoms with van der Waals surface area (Å²) >= 11 is 0. The number of amides is 2. The Kier molecular flexibility index (Phi) is 5.59. The molecule has 168 valence electrons. The maximum atomic E-state index is 12.9. The van der Waals surface area contributed by atoms with Gasteiger partial charge in [0.1, 0.15) is 6.04 Å². The maximum Gasteiger partial charge on any atom is 0.253 e. The van der Waals surface area contributed by atoms with Crippen LogP contribution in [0.1, 0.15) is 40.7 Å². The van der Waals surface area contributed by atoms with Gasteiger partial charge in [-0.25, -0.2) is 0 Å². The Labute approximate surface area is 189 Å². The Morgan fingerprint density at radius 2 is 1.97 bits per heavy atom. The minimum absolute atomic E-state index is 0.0672. The highest BCUT2D eigenvalue weighted by Crippen LogP contribution is 2.59. The molecule has 0 bridgehead atoms. The van der Waals surface area contributed by atoms with Crippen molar-refractivity contribution in [1.82, 2.24) is 20.5 Å². The first kappa shape index (κ1) is 20.9. The molecule has 1 aromatic heterocycles. The number of likely N-dealkylation sites (tertiary alicyclic amines) is 1. The molecule has 1 saturated heterocycles. The molecule has 1 spiro atoms. The number of hydrogen-bond acceptors (Lipinski definition) is 5. The third-order valence-electron chi connectivity index (χ3n) is 7.48. The van der Waals surface area contributed by atoms with Crippen LogP contribution in [0.3, 0.4) is 0 Å². The van der Waals surface area contributed by atoms with Crippen LogP contribution in [0, 0.1) is 11.3 Å². The van der Waals surface area contributed by atoms with Crippen LogP contribution in [0.4, 0.5) is 5.69 Å². The quantitative estimate of drug-likeness (QED) is 0.650. The van der Waals surface area contributed by atoms with E-state index in [1.807, 2.05) is 48.5 Å². The van der Waals surface area contributed by atoms with Gasteiger partial charge in [-0.05, 0) is 67.0 Å². The molecule has 2 atom stereocenters. The number of piperidine rings is 1. The SMILES string of the molecule is CNCc1ccc(C(=O)N2CCC3(CC2)CC3CNC(=O)C2Cc3cnccc3N2)cc1. The molecule has 2 aliphatic heterocycles. The van der Waals surface area contributed by atoms with Gasteiger partial charge in [-0.15, -0.1) is 0 Å². The molecule has 3 aliphatic rings. The summed E-state index contributed by atoms with van der Waals surface area (Å²) in [6, 6.07) is 9.61. The molecule has 0 radical (unpaired) electrons. The number of hydrogen-bond donors (Lipinski definition) is 3. The number of carbonyl (C=O) groups is 2. The molecule has 32 heavy (non-hydrogen) atoms. The average Bonchev–Trinajstić information content (AvgIpc) is 3.29. The Bertz CT molecular complexity index is 973. The van der Waals surface area contributed by atoms with E-state index in [0.29, 0.717) is 17.8 Å². The fourth-order valence-corrected chi connectivity index (χ4v) is 5.33. The third kappa shape index (κ3) is 4.09. The first-order chi connectivity index (χ1) is 15.6. The van der Waals surface area contributed by atoms with Gasteiger partial charge < -0.3 is 20.9 Å². The van der Waals surface area contributed by atoms with Gasteiger partial charge in [0.2, 0.25) is 5.91 Å². The zero-order valence-corrected chi connectivity index (χ0v) is 18.6. The fourth-order valence-electron chi connectivity index (χ4n) is 5.33. The van der Waals surface area contributed by atoms with Gasteiger partial charge in [0.15, 0.2) is 0 Å². The van der Waals surface area contributed by atoms with Crippen LogP contribution in [-0.2, 0) is 17.8 Å². The van der Waals surface area contributed by atoms with E-state index in [1.54, 1.807) is 6.20 Å². The van der Waals surface area contributed by atoms with Crippen LogP contribution >= 0.6 is 0 Å². The lowest BCUT2D eigenvalue weighted by molar-refractivity contribution is -0.121. The van der Waals surface area contributed by atoms with E-state index in [2.05, 4.69) is 20.9 Å². The summed E-state index contributed by atoms with van der Waals surface area (Å²) in [5, 5.41) is 9.58. The van der Waals surface area contributed by atoms with Gasteiger partial charge in [-0.3, -0.25) is 14.6 Å². The summed E-state index contributed by atoms with van der Waals surface area (Å²) in [6.45, 7) is 3.13. The highest BCUT2D eigenvalue weighted by molar-refractivity contribution is 5.94. The first-order valence-electron chi connectivity index (χ1n) is 11.6. The molecule has 1 saturated carbocycles. The lowest BCUT2D eigenvalue weighted by Gasteiger charge is -2.33. The number of nitrogens with zero attached hydrogens (tertiary/aromatic N) is 2. The summed E-state index contributed by atoms with van der Waals surface area (Å²) < 4.78 is 0. The van der Waals surface area contributed by atoms with E-state index >= 15 is 0 Å². The van der Waals surface area contributed by atoms with Crippen LogP contribution < -0.4 is 16.0 Å². The van der Waals surface area contributed by atoms with Gasteiger partial charge in [-0.2, -0.15) is 0 Å². The average molecular weight is 434 g/mol. The van der Waals surface area contributed by atoms with Crippen LogP contribution in [0.2, 0.25) is 0 Å². The summed E-state index contributed by atoms with van der Waals surface area (Å²) in [5.41, 5.74) is 4.36. The van der Waals surface area contributed by atoms with Crippen molar-refractivity contribution in [3.05, 3.63) is 59.4 Å². The molecule has 2 unspecified atom stereocenters.